The lowest BCUT2D eigenvalue weighted by molar-refractivity contribution is -0.138. The van der Waals surface area contributed by atoms with Crippen molar-refractivity contribution in [2.75, 3.05) is 6.61 Å². The summed E-state index contributed by atoms with van der Waals surface area (Å²) in [7, 11) is 0. The smallest absolute Gasteiger partial charge is 0.333 e. The molecule has 25 heavy (non-hydrogen) atoms. The summed E-state index contributed by atoms with van der Waals surface area (Å²) in [5, 5.41) is 18.8. The Morgan fingerprint density at radius 1 is 1.36 bits per heavy atom. The number of phenolic OH excluding ortho intramolecular Hbond substituents is 1. The maximum Gasteiger partial charge on any atom is 0.333 e. The summed E-state index contributed by atoms with van der Waals surface area (Å²) in [5.41, 5.74) is 2.98. The molecule has 6 nitrogen and oxygen atoms in total. The van der Waals surface area contributed by atoms with E-state index in [0.717, 1.165) is 5.56 Å². The molecule has 2 rings (SSSR count). The van der Waals surface area contributed by atoms with E-state index in [9.17, 15) is 9.90 Å². The molecule has 0 spiro atoms. The molecule has 0 radical (unpaired) electrons. The molecule has 1 aromatic carbocycles. The highest BCUT2D eigenvalue weighted by Gasteiger charge is 2.12. The highest BCUT2D eigenvalue weighted by Crippen LogP contribution is 2.23. The number of esters is 1. The molecule has 0 saturated carbocycles. The van der Waals surface area contributed by atoms with Crippen LogP contribution in [0.2, 0.25) is 0 Å². The number of rotatable bonds is 7. The molecule has 0 amide bonds. The summed E-state index contributed by atoms with van der Waals surface area (Å²) in [6.45, 7) is 11.0. The average Bonchev–Trinajstić information content (AvgIpc) is 2.99. The van der Waals surface area contributed by atoms with Crippen molar-refractivity contribution in [1.29, 1.82) is 0 Å². The van der Waals surface area contributed by atoms with Gasteiger partial charge in [0.2, 0.25) is 0 Å². The maximum absolute atomic E-state index is 11.4. The molecule has 0 aliphatic carbocycles. The standard InChI is InChI=1S/C19H21N3O3/c1-5-7-16-15(6-2)20-22(21-16)17-12-14(8-9-18(17)23)10-11-25-19(24)13(3)4/h5-9,12,23H,2-3,10-11H2,1,4H3/b7-5-. The number of aromatic nitrogens is 3. The number of allylic oxidation sites excluding steroid dienone is 1. The van der Waals surface area contributed by atoms with Crippen LogP contribution >= 0.6 is 0 Å². The minimum atomic E-state index is -0.417. The maximum atomic E-state index is 11.4. The predicted octanol–water partition coefficient (Wildman–Crippen LogP) is 3.31. The van der Waals surface area contributed by atoms with Gasteiger partial charge in [0.25, 0.3) is 0 Å². The predicted molar refractivity (Wildman–Crippen MR) is 97.3 cm³/mol. The van der Waals surface area contributed by atoms with Gasteiger partial charge in [-0.15, -0.1) is 15.0 Å². The van der Waals surface area contributed by atoms with Crippen LogP contribution in [0.5, 0.6) is 5.75 Å². The van der Waals surface area contributed by atoms with Gasteiger partial charge < -0.3 is 9.84 Å². The van der Waals surface area contributed by atoms with Gasteiger partial charge in [0, 0.05) is 12.0 Å². The van der Waals surface area contributed by atoms with E-state index in [0.29, 0.717) is 29.1 Å². The molecule has 1 heterocycles. The van der Waals surface area contributed by atoms with Gasteiger partial charge in [-0.3, -0.25) is 0 Å². The van der Waals surface area contributed by atoms with Crippen LogP contribution in [-0.2, 0) is 16.0 Å². The van der Waals surface area contributed by atoms with Gasteiger partial charge in [0.05, 0.1) is 6.61 Å². The van der Waals surface area contributed by atoms with Crippen molar-refractivity contribution in [2.45, 2.75) is 20.3 Å². The van der Waals surface area contributed by atoms with Crippen LogP contribution in [0.3, 0.4) is 0 Å². The van der Waals surface area contributed by atoms with E-state index < -0.39 is 5.97 Å². The van der Waals surface area contributed by atoms with E-state index >= 15 is 0 Å². The molecule has 2 aromatic rings. The summed E-state index contributed by atoms with van der Waals surface area (Å²) in [5.74, 6) is -0.361. The van der Waals surface area contributed by atoms with Crippen molar-refractivity contribution in [1.82, 2.24) is 15.0 Å². The Labute approximate surface area is 146 Å². The van der Waals surface area contributed by atoms with Crippen LogP contribution in [0.4, 0.5) is 0 Å². The number of aromatic hydroxyl groups is 1. The Hall–Kier alpha value is -3.15. The first-order chi connectivity index (χ1) is 12.0. The molecule has 0 aliphatic rings. The molecule has 130 valence electrons. The Balaban J connectivity index is 2.23. The highest BCUT2D eigenvalue weighted by molar-refractivity contribution is 5.86. The molecule has 0 fully saturated rings. The molecule has 6 heteroatoms. The first kappa shape index (κ1) is 18.2. The molecule has 0 unspecified atom stereocenters. The second kappa shape index (κ2) is 8.10. The fraction of sp³-hybridized carbons (Fsp3) is 0.211. The van der Waals surface area contributed by atoms with Crippen LogP contribution in [-0.4, -0.2) is 32.7 Å². The first-order valence-electron chi connectivity index (χ1n) is 7.83. The minimum Gasteiger partial charge on any atom is -0.506 e. The summed E-state index contributed by atoms with van der Waals surface area (Å²) < 4.78 is 5.09. The fourth-order valence-electron chi connectivity index (χ4n) is 2.13. The summed E-state index contributed by atoms with van der Waals surface area (Å²) >= 11 is 0. The average molecular weight is 339 g/mol. The van der Waals surface area contributed by atoms with E-state index in [2.05, 4.69) is 23.4 Å². The third-order valence-corrected chi connectivity index (χ3v) is 3.41. The van der Waals surface area contributed by atoms with E-state index in [4.69, 9.17) is 4.74 Å². The van der Waals surface area contributed by atoms with Crippen molar-refractivity contribution < 1.29 is 14.6 Å². The Bertz CT molecular complexity index is 834. The topological polar surface area (TPSA) is 77.2 Å². The van der Waals surface area contributed by atoms with Gasteiger partial charge in [-0.2, -0.15) is 0 Å². The molecular weight excluding hydrogens is 318 g/mol. The van der Waals surface area contributed by atoms with Gasteiger partial charge in [-0.1, -0.05) is 25.3 Å². The largest absolute Gasteiger partial charge is 0.506 e. The lowest BCUT2D eigenvalue weighted by atomic mass is 10.1. The van der Waals surface area contributed by atoms with Crippen molar-refractivity contribution in [3.63, 3.8) is 0 Å². The summed E-state index contributed by atoms with van der Waals surface area (Å²) in [4.78, 5) is 12.8. The van der Waals surface area contributed by atoms with E-state index in [1.165, 1.54) is 4.80 Å². The zero-order valence-corrected chi connectivity index (χ0v) is 14.4. The molecule has 1 aromatic heterocycles. The molecular formula is C19H21N3O3. The van der Waals surface area contributed by atoms with Gasteiger partial charge in [0.15, 0.2) is 0 Å². The normalized spacial score (nSPS) is 10.8. The van der Waals surface area contributed by atoms with Crippen LogP contribution in [0.25, 0.3) is 17.8 Å². The summed E-state index contributed by atoms with van der Waals surface area (Å²) in [6.07, 6.45) is 5.78. The van der Waals surface area contributed by atoms with Crippen LogP contribution < -0.4 is 0 Å². The minimum absolute atomic E-state index is 0.0559. The lowest BCUT2D eigenvalue weighted by Crippen LogP contribution is -2.08. The Morgan fingerprint density at radius 3 is 2.72 bits per heavy atom. The lowest BCUT2D eigenvalue weighted by Gasteiger charge is -2.08. The zero-order chi connectivity index (χ0) is 18.4. The van der Waals surface area contributed by atoms with E-state index in [1.807, 2.05) is 19.1 Å². The fourth-order valence-corrected chi connectivity index (χ4v) is 2.13. The van der Waals surface area contributed by atoms with Crippen molar-refractivity contribution in [3.8, 4) is 11.4 Å². The number of carbonyl (C=O) groups excluding carboxylic acids is 1. The van der Waals surface area contributed by atoms with E-state index in [-0.39, 0.29) is 12.4 Å². The summed E-state index contributed by atoms with van der Waals surface area (Å²) in [6, 6.07) is 5.09. The monoisotopic (exact) mass is 339 g/mol. The SMILES string of the molecule is C=Cc1nn(-c2cc(CCOC(=O)C(=C)C)ccc2O)nc1/C=C\C. The van der Waals surface area contributed by atoms with Crippen molar-refractivity contribution in [2.24, 2.45) is 0 Å². The number of hydrogen-bond acceptors (Lipinski definition) is 5. The van der Waals surface area contributed by atoms with Crippen LogP contribution in [0, 0.1) is 0 Å². The Morgan fingerprint density at radius 2 is 2.08 bits per heavy atom. The van der Waals surface area contributed by atoms with Crippen LogP contribution in [0.1, 0.15) is 30.8 Å². The second-order valence-electron chi connectivity index (χ2n) is 5.45. The third-order valence-electron chi connectivity index (χ3n) is 3.41. The van der Waals surface area contributed by atoms with Gasteiger partial charge in [-0.05, 0) is 43.7 Å². The van der Waals surface area contributed by atoms with Crippen molar-refractivity contribution >= 4 is 18.1 Å². The van der Waals surface area contributed by atoms with Gasteiger partial charge in [-0.25, -0.2) is 4.79 Å². The van der Waals surface area contributed by atoms with Gasteiger partial charge >= 0.3 is 5.97 Å². The Kier molecular flexibility index (Phi) is 5.89. The zero-order valence-electron chi connectivity index (χ0n) is 14.4. The number of carbonyl (C=O) groups is 1. The number of benzene rings is 1. The molecule has 0 bridgehead atoms. The van der Waals surface area contributed by atoms with Crippen LogP contribution in [0.15, 0.2) is 43.0 Å². The second-order valence-corrected chi connectivity index (χ2v) is 5.45. The quantitative estimate of drug-likeness (QED) is 0.618. The van der Waals surface area contributed by atoms with E-state index in [1.54, 1.807) is 31.2 Å². The molecule has 0 aliphatic heterocycles. The van der Waals surface area contributed by atoms with Gasteiger partial charge in [0.1, 0.15) is 22.8 Å². The highest BCUT2D eigenvalue weighted by atomic mass is 16.5. The number of nitrogens with zero attached hydrogens (tertiary/aromatic N) is 3. The first-order valence-corrected chi connectivity index (χ1v) is 7.83. The number of phenols is 1. The molecule has 0 saturated heterocycles. The molecule has 0 atom stereocenters. The number of ether oxygens (including phenoxy) is 1. The third kappa shape index (κ3) is 4.44. The molecule has 1 N–H and O–H groups in total. The number of hydrogen-bond donors (Lipinski definition) is 1. The van der Waals surface area contributed by atoms with Crippen molar-refractivity contribution in [3.05, 3.63) is 60.0 Å².